The van der Waals surface area contributed by atoms with Crippen LogP contribution in [0.5, 0.6) is 0 Å². The van der Waals surface area contributed by atoms with Crippen molar-refractivity contribution in [2.24, 2.45) is 11.7 Å². The second-order valence-corrected chi connectivity index (χ2v) is 7.11. The fraction of sp³-hybridized carbons (Fsp3) is 0.368. The lowest BCUT2D eigenvalue weighted by molar-refractivity contribution is -0.119. The number of carbonyl (C=O) groups is 1. The fourth-order valence-electron chi connectivity index (χ4n) is 2.85. The molecule has 1 heterocycles. The molecule has 0 aliphatic heterocycles. The summed E-state index contributed by atoms with van der Waals surface area (Å²) in [6, 6.07) is 9.23. The minimum absolute atomic E-state index is 0.0352. The topological polar surface area (TPSA) is 90.4 Å². The first kappa shape index (κ1) is 19.0. The number of primary amides is 1. The summed E-state index contributed by atoms with van der Waals surface area (Å²) in [5.74, 6) is -0.149. The maximum Gasteiger partial charge on any atom is 0.240 e. The first-order chi connectivity index (χ1) is 12.0. The van der Waals surface area contributed by atoms with Crippen molar-refractivity contribution in [3.63, 3.8) is 0 Å². The predicted octanol–water partition coefficient (Wildman–Crippen LogP) is 3.14. The molecule has 1 amide bonds. The number of benzene rings is 1. The number of amides is 1. The van der Waals surface area contributed by atoms with Gasteiger partial charge in [-0.15, -0.1) is 11.3 Å². The number of aliphatic hydroxyl groups is 1. The van der Waals surface area contributed by atoms with Crippen LogP contribution < -0.4 is 10.6 Å². The summed E-state index contributed by atoms with van der Waals surface area (Å²) in [6.45, 7) is 4.11. The molecule has 0 bridgehead atoms. The number of nitrogens with zero attached hydrogens (tertiary/aromatic N) is 2. The van der Waals surface area contributed by atoms with Gasteiger partial charge in [0.15, 0.2) is 0 Å². The molecular formula is C19H23N3O2S. The number of hydrogen-bond acceptors (Lipinski definition) is 5. The van der Waals surface area contributed by atoms with E-state index in [1.807, 2.05) is 48.9 Å². The highest BCUT2D eigenvalue weighted by Gasteiger charge is 2.27. The van der Waals surface area contributed by atoms with Gasteiger partial charge in [0.2, 0.25) is 5.91 Å². The van der Waals surface area contributed by atoms with Crippen molar-refractivity contribution in [2.45, 2.75) is 32.9 Å². The molecule has 5 nitrogen and oxygen atoms in total. The molecule has 0 saturated heterocycles. The highest BCUT2D eigenvalue weighted by atomic mass is 32.1. The van der Waals surface area contributed by atoms with Gasteiger partial charge in [0.1, 0.15) is 12.6 Å². The Hall–Kier alpha value is -2.36. The first-order valence-corrected chi connectivity index (χ1v) is 9.11. The highest BCUT2D eigenvalue weighted by Crippen LogP contribution is 2.36. The number of nitriles is 1. The van der Waals surface area contributed by atoms with E-state index < -0.39 is 11.9 Å². The van der Waals surface area contributed by atoms with Crippen LogP contribution in [0.4, 0.5) is 5.69 Å². The summed E-state index contributed by atoms with van der Waals surface area (Å²) < 4.78 is 0. The molecular weight excluding hydrogens is 334 g/mol. The zero-order valence-electron chi connectivity index (χ0n) is 14.5. The second-order valence-electron chi connectivity index (χ2n) is 6.36. The average molecular weight is 357 g/mol. The minimum Gasteiger partial charge on any atom is -0.392 e. The monoisotopic (exact) mass is 357 g/mol. The molecule has 3 N–H and O–H groups in total. The van der Waals surface area contributed by atoms with Gasteiger partial charge in [-0.25, -0.2) is 0 Å². The lowest BCUT2D eigenvalue weighted by Crippen LogP contribution is -2.46. The van der Waals surface area contributed by atoms with Crippen molar-refractivity contribution in [3.05, 3.63) is 40.6 Å². The zero-order chi connectivity index (χ0) is 18.4. The van der Waals surface area contributed by atoms with E-state index in [9.17, 15) is 15.2 Å². The normalized spacial score (nSPS) is 12.0. The second kappa shape index (κ2) is 8.65. The highest BCUT2D eigenvalue weighted by molar-refractivity contribution is 7.08. The SMILES string of the molecule is CC(C)C[C@@H](C(N)=O)N(CC#N)c1cscc1-c1cccc(CO)c1. The van der Waals surface area contributed by atoms with Crippen molar-refractivity contribution in [1.29, 1.82) is 5.26 Å². The van der Waals surface area contributed by atoms with Gasteiger partial charge < -0.3 is 15.7 Å². The Morgan fingerprint density at radius 2 is 2.16 bits per heavy atom. The molecule has 0 aliphatic rings. The number of anilines is 1. The third-order valence-corrected chi connectivity index (χ3v) is 4.74. The van der Waals surface area contributed by atoms with Gasteiger partial charge >= 0.3 is 0 Å². The lowest BCUT2D eigenvalue weighted by atomic mass is 9.99. The average Bonchev–Trinajstić information content (AvgIpc) is 3.07. The Kier molecular flexibility index (Phi) is 6.57. The van der Waals surface area contributed by atoms with E-state index in [-0.39, 0.29) is 19.1 Å². The van der Waals surface area contributed by atoms with Crippen molar-refractivity contribution in [2.75, 3.05) is 11.4 Å². The molecule has 25 heavy (non-hydrogen) atoms. The molecule has 0 saturated carbocycles. The molecule has 0 fully saturated rings. The molecule has 0 spiro atoms. The molecule has 0 aliphatic carbocycles. The number of rotatable bonds is 8. The summed E-state index contributed by atoms with van der Waals surface area (Å²) >= 11 is 1.51. The third-order valence-electron chi connectivity index (χ3n) is 4.01. The van der Waals surface area contributed by atoms with Crippen LogP contribution in [0.2, 0.25) is 0 Å². The first-order valence-electron chi connectivity index (χ1n) is 8.17. The van der Waals surface area contributed by atoms with Gasteiger partial charge in [-0.05, 0) is 29.5 Å². The van der Waals surface area contributed by atoms with E-state index in [0.717, 1.165) is 22.4 Å². The number of thiophene rings is 1. The number of hydrogen-bond donors (Lipinski definition) is 2. The van der Waals surface area contributed by atoms with Crippen molar-refractivity contribution < 1.29 is 9.90 Å². The van der Waals surface area contributed by atoms with Crippen LogP contribution in [-0.2, 0) is 11.4 Å². The Bertz CT molecular complexity index is 764. The molecule has 0 unspecified atom stereocenters. The Balaban J connectivity index is 2.48. The van der Waals surface area contributed by atoms with E-state index >= 15 is 0 Å². The molecule has 1 aromatic heterocycles. The van der Waals surface area contributed by atoms with E-state index in [0.29, 0.717) is 6.42 Å². The van der Waals surface area contributed by atoms with Gasteiger partial charge in [0, 0.05) is 16.3 Å². The zero-order valence-corrected chi connectivity index (χ0v) is 15.3. The van der Waals surface area contributed by atoms with Gasteiger partial charge in [-0.2, -0.15) is 5.26 Å². The van der Waals surface area contributed by atoms with Gasteiger partial charge in [-0.1, -0.05) is 32.0 Å². The number of carbonyl (C=O) groups excluding carboxylic acids is 1. The van der Waals surface area contributed by atoms with Gasteiger partial charge in [0.25, 0.3) is 0 Å². The molecule has 1 aromatic carbocycles. The summed E-state index contributed by atoms with van der Waals surface area (Å²) in [6.07, 6.45) is 0.586. The quantitative estimate of drug-likeness (QED) is 0.710. The maximum atomic E-state index is 12.0. The summed E-state index contributed by atoms with van der Waals surface area (Å²) in [5, 5.41) is 22.6. The fourth-order valence-corrected chi connectivity index (χ4v) is 3.70. The van der Waals surface area contributed by atoms with Crippen molar-refractivity contribution >= 4 is 22.9 Å². The number of nitrogens with two attached hydrogens (primary N) is 1. The van der Waals surface area contributed by atoms with Crippen LogP contribution in [0.15, 0.2) is 35.0 Å². The van der Waals surface area contributed by atoms with Crippen LogP contribution in [0.1, 0.15) is 25.8 Å². The van der Waals surface area contributed by atoms with Crippen LogP contribution in [0.3, 0.4) is 0 Å². The van der Waals surface area contributed by atoms with E-state index in [1.54, 1.807) is 4.90 Å². The molecule has 1 atom stereocenters. The van der Waals surface area contributed by atoms with Gasteiger partial charge in [0.05, 0.1) is 18.4 Å². The van der Waals surface area contributed by atoms with Gasteiger partial charge in [-0.3, -0.25) is 4.79 Å². The summed E-state index contributed by atoms with van der Waals surface area (Å²) in [5.41, 5.74) is 9.16. The molecule has 0 radical (unpaired) electrons. The van der Waals surface area contributed by atoms with Crippen molar-refractivity contribution in [1.82, 2.24) is 0 Å². The predicted molar refractivity (Wildman–Crippen MR) is 101 cm³/mol. The lowest BCUT2D eigenvalue weighted by Gasteiger charge is -2.31. The van der Waals surface area contributed by atoms with Crippen LogP contribution in [-0.4, -0.2) is 23.6 Å². The van der Waals surface area contributed by atoms with E-state index in [4.69, 9.17) is 5.73 Å². The van der Waals surface area contributed by atoms with E-state index in [1.165, 1.54) is 11.3 Å². The Morgan fingerprint density at radius 3 is 2.76 bits per heavy atom. The smallest absolute Gasteiger partial charge is 0.240 e. The number of aliphatic hydroxyl groups excluding tert-OH is 1. The minimum atomic E-state index is -0.533. The third kappa shape index (κ3) is 4.59. The van der Waals surface area contributed by atoms with Crippen LogP contribution in [0.25, 0.3) is 11.1 Å². The molecule has 2 aromatic rings. The molecule has 2 rings (SSSR count). The maximum absolute atomic E-state index is 12.0. The largest absolute Gasteiger partial charge is 0.392 e. The standard InChI is InChI=1S/C19H23N3O2S/c1-13(2)8-17(19(21)24)22(7-6-20)18-12-25-11-16(18)15-5-3-4-14(9-15)10-23/h3-5,9,11-13,17,23H,7-8,10H2,1-2H3,(H2,21,24)/t17-/m0/s1. The van der Waals surface area contributed by atoms with E-state index in [2.05, 4.69) is 6.07 Å². The Morgan fingerprint density at radius 1 is 1.40 bits per heavy atom. The molecule has 132 valence electrons. The van der Waals surface area contributed by atoms with Crippen LogP contribution in [0, 0.1) is 17.2 Å². The van der Waals surface area contributed by atoms with Crippen molar-refractivity contribution in [3.8, 4) is 17.2 Å². The van der Waals surface area contributed by atoms with Crippen LogP contribution >= 0.6 is 11.3 Å². The summed E-state index contributed by atoms with van der Waals surface area (Å²) in [4.78, 5) is 13.8. The summed E-state index contributed by atoms with van der Waals surface area (Å²) in [7, 11) is 0. The Labute approximate surface area is 152 Å². The molecule has 6 heteroatoms.